The molecule has 0 aliphatic carbocycles. The number of aromatic nitrogens is 4. The Balaban J connectivity index is 1.68. The zero-order valence-corrected chi connectivity index (χ0v) is 20.6. The van der Waals surface area contributed by atoms with Crippen molar-refractivity contribution in [1.82, 2.24) is 19.7 Å². The van der Waals surface area contributed by atoms with Crippen molar-refractivity contribution in [3.05, 3.63) is 82.6 Å². The van der Waals surface area contributed by atoms with E-state index in [-0.39, 0.29) is 34.3 Å². The van der Waals surface area contributed by atoms with Crippen molar-refractivity contribution in [3.8, 4) is 22.8 Å². The lowest BCUT2D eigenvalue weighted by Crippen LogP contribution is -2.32. The van der Waals surface area contributed by atoms with Gasteiger partial charge in [0.1, 0.15) is 6.04 Å². The molecule has 0 aliphatic rings. The van der Waals surface area contributed by atoms with E-state index in [9.17, 15) is 18.0 Å². The maximum Gasteiger partial charge on any atom is 0.429 e. The number of alkyl halides is 3. The van der Waals surface area contributed by atoms with Crippen LogP contribution in [-0.4, -0.2) is 43.0 Å². The molecule has 0 radical (unpaired) electrons. The molecule has 4 aromatic rings. The monoisotopic (exact) mass is 546 g/mol. The first-order chi connectivity index (χ1) is 17.9. The topological polar surface area (TPSA) is 142 Å². The summed E-state index contributed by atoms with van der Waals surface area (Å²) in [5.41, 5.74) is 13.2. The summed E-state index contributed by atoms with van der Waals surface area (Å²) in [5.74, 6) is -1.83. The van der Waals surface area contributed by atoms with Gasteiger partial charge >= 0.3 is 12.1 Å². The minimum atomic E-state index is -4.84. The van der Waals surface area contributed by atoms with E-state index in [4.69, 9.17) is 32.9 Å². The molecule has 0 aliphatic heterocycles. The van der Waals surface area contributed by atoms with Gasteiger partial charge in [-0.25, -0.2) is 9.67 Å². The molecule has 2 atom stereocenters. The number of carboxylic acid groups (broad SMARTS) is 1. The highest BCUT2D eigenvalue weighted by molar-refractivity contribution is 6.30. The van der Waals surface area contributed by atoms with Crippen molar-refractivity contribution < 1.29 is 27.8 Å². The van der Waals surface area contributed by atoms with Crippen molar-refractivity contribution in [2.75, 3.05) is 5.73 Å². The lowest BCUT2D eigenvalue weighted by molar-refractivity contribution is -0.198. The molecular formula is C25H22ClF3N6O3. The van der Waals surface area contributed by atoms with Gasteiger partial charge in [-0.2, -0.15) is 23.3 Å². The van der Waals surface area contributed by atoms with Crippen molar-refractivity contribution in [1.29, 1.82) is 0 Å². The summed E-state index contributed by atoms with van der Waals surface area (Å²) in [6, 6.07) is 12.2. The van der Waals surface area contributed by atoms with E-state index in [1.807, 2.05) is 0 Å². The molecule has 38 heavy (non-hydrogen) atoms. The fraction of sp³-hybridized carbons (Fsp3) is 0.200. The number of nitrogens with zero attached hydrogens (tertiary/aromatic N) is 4. The summed E-state index contributed by atoms with van der Waals surface area (Å²) < 4.78 is 49.6. The van der Waals surface area contributed by atoms with Gasteiger partial charge in [0.25, 0.3) is 0 Å². The van der Waals surface area contributed by atoms with E-state index in [0.717, 1.165) is 0 Å². The molecule has 2 aromatic carbocycles. The number of rotatable bonds is 8. The molecule has 0 fully saturated rings. The summed E-state index contributed by atoms with van der Waals surface area (Å²) in [6.45, 7) is 1.71. The molecule has 13 heteroatoms. The molecule has 4 rings (SSSR count). The molecule has 0 spiro atoms. The summed E-state index contributed by atoms with van der Waals surface area (Å²) >= 11 is 6.08. The fourth-order valence-corrected chi connectivity index (χ4v) is 3.88. The number of anilines is 1. The molecule has 0 saturated heterocycles. The van der Waals surface area contributed by atoms with E-state index in [1.54, 1.807) is 37.3 Å². The average molecular weight is 547 g/mol. The van der Waals surface area contributed by atoms with Crippen LogP contribution >= 0.6 is 11.6 Å². The van der Waals surface area contributed by atoms with Gasteiger partial charge in [0.2, 0.25) is 17.9 Å². The van der Waals surface area contributed by atoms with E-state index < -0.39 is 30.2 Å². The van der Waals surface area contributed by atoms with Crippen LogP contribution in [0.3, 0.4) is 0 Å². The number of ether oxygens (including phenoxy) is 1. The Morgan fingerprint density at radius 2 is 1.84 bits per heavy atom. The van der Waals surface area contributed by atoms with Crippen LogP contribution in [0.15, 0.2) is 60.8 Å². The average Bonchev–Trinajstić information content (AvgIpc) is 3.28. The number of benzene rings is 2. The lowest BCUT2D eigenvalue weighted by atomic mass is 10.0. The number of carbonyl (C=O) groups is 1. The minimum absolute atomic E-state index is 0.0883. The highest BCUT2D eigenvalue weighted by Gasteiger charge is 2.45. The second-order valence-electron chi connectivity index (χ2n) is 8.44. The molecule has 9 nitrogen and oxygen atoms in total. The Labute approximate surface area is 219 Å². The van der Waals surface area contributed by atoms with Gasteiger partial charge in [0.05, 0.1) is 17.1 Å². The van der Waals surface area contributed by atoms with Gasteiger partial charge in [0.15, 0.2) is 0 Å². The predicted octanol–water partition coefficient (Wildman–Crippen LogP) is 4.51. The fourth-order valence-electron chi connectivity index (χ4n) is 3.72. The first-order valence-electron chi connectivity index (χ1n) is 11.2. The van der Waals surface area contributed by atoms with Crippen LogP contribution in [-0.2, 0) is 11.2 Å². The van der Waals surface area contributed by atoms with Gasteiger partial charge in [-0.15, -0.1) is 0 Å². The molecule has 2 heterocycles. The highest BCUT2D eigenvalue weighted by atomic mass is 35.5. The normalized spacial score (nSPS) is 13.2. The number of nitrogen functional groups attached to an aromatic ring is 1. The third kappa shape index (κ3) is 6.21. The number of carboxylic acids is 1. The number of aryl methyl sites for hydroxylation is 1. The summed E-state index contributed by atoms with van der Waals surface area (Å²) in [4.78, 5) is 18.9. The Bertz CT molecular complexity index is 1460. The molecule has 1 unspecified atom stereocenters. The minimum Gasteiger partial charge on any atom is -0.480 e. The summed E-state index contributed by atoms with van der Waals surface area (Å²) in [6.07, 6.45) is -5.65. The van der Waals surface area contributed by atoms with Gasteiger partial charge in [-0.1, -0.05) is 41.9 Å². The van der Waals surface area contributed by atoms with E-state index in [0.29, 0.717) is 16.8 Å². The summed E-state index contributed by atoms with van der Waals surface area (Å²) in [5, 5.41) is 13.4. The first kappa shape index (κ1) is 26.9. The molecule has 0 saturated carbocycles. The number of halogens is 4. The van der Waals surface area contributed by atoms with Crippen molar-refractivity contribution in [2.24, 2.45) is 5.73 Å². The quantitative estimate of drug-likeness (QED) is 0.293. The highest BCUT2D eigenvalue weighted by Crippen LogP contribution is 2.40. The van der Waals surface area contributed by atoms with Crippen LogP contribution in [0, 0.1) is 6.92 Å². The number of hydrogen-bond acceptors (Lipinski definition) is 7. The van der Waals surface area contributed by atoms with Crippen LogP contribution in [0.1, 0.15) is 22.9 Å². The van der Waals surface area contributed by atoms with Gasteiger partial charge in [-0.3, -0.25) is 4.79 Å². The zero-order valence-electron chi connectivity index (χ0n) is 19.9. The number of nitrogens with two attached hydrogens (primary N) is 2. The van der Waals surface area contributed by atoms with Crippen LogP contribution in [0.4, 0.5) is 19.1 Å². The third-order valence-electron chi connectivity index (χ3n) is 5.52. The van der Waals surface area contributed by atoms with Crippen LogP contribution in [0.25, 0.3) is 16.9 Å². The van der Waals surface area contributed by atoms with E-state index >= 15 is 0 Å². The van der Waals surface area contributed by atoms with Crippen LogP contribution < -0.4 is 16.2 Å². The Hall–Kier alpha value is -4.16. The molecule has 198 valence electrons. The Kier molecular flexibility index (Phi) is 7.56. The van der Waals surface area contributed by atoms with E-state index in [2.05, 4.69) is 15.1 Å². The molecule has 0 amide bonds. The number of hydrogen-bond donors (Lipinski definition) is 3. The molecular weight excluding hydrogens is 525 g/mol. The van der Waals surface area contributed by atoms with Crippen molar-refractivity contribution in [2.45, 2.75) is 31.7 Å². The van der Waals surface area contributed by atoms with Gasteiger partial charge < -0.3 is 21.3 Å². The third-order valence-corrected chi connectivity index (χ3v) is 5.76. The standard InChI is InChI=1S/C25H22ClF3N6O3/c1-13-8-9-35(34-13)20-11-16(26)6-7-17(20)22(25(27,28)29)38-21-12-19(32-24(31)33-21)15-4-2-14(3-5-15)10-18(30)23(36)37/h2-9,11-12,18,22H,10,30H2,1H3,(H,36,37)(H2,31,32,33)/t18-,22?/m0/s1. The SMILES string of the molecule is Cc1ccn(-c2cc(Cl)ccc2C(Oc2cc(-c3ccc(C[C@H](N)C(=O)O)cc3)nc(N)n2)C(F)(F)F)n1. The molecule has 0 bridgehead atoms. The van der Waals surface area contributed by atoms with Gasteiger partial charge in [-0.05, 0) is 37.1 Å². The smallest absolute Gasteiger partial charge is 0.429 e. The molecule has 2 aromatic heterocycles. The van der Waals surface area contributed by atoms with Crippen molar-refractivity contribution in [3.63, 3.8) is 0 Å². The second kappa shape index (κ2) is 10.7. The van der Waals surface area contributed by atoms with Crippen LogP contribution in [0.2, 0.25) is 5.02 Å². The Morgan fingerprint density at radius 3 is 2.45 bits per heavy atom. The first-order valence-corrected chi connectivity index (χ1v) is 11.6. The maximum absolute atomic E-state index is 14.3. The zero-order chi connectivity index (χ0) is 27.6. The van der Waals surface area contributed by atoms with E-state index in [1.165, 1.54) is 35.1 Å². The maximum atomic E-state index is 14.3. The Morgan fingerprint density at radius 1 is 1.13 bits per heavy atom. The molecule has 5 N–H and O–H groups in total. The summed E-state index contributed by atoms with van der Waals surface area (Å²) in [7, 11) is 0. The van der Waals surface area contributed by atoms with Gasteiger partial charge in [0, 0.05) is 28.4 Å². The van der Waals surface area contributed by atoms with Crippen molar-refractivity contribution >= 4 is 23.5 Å². The second-order valence-corrected chi connectivity index (χ2v) is 8.88. The largest absolute Gasteiger partial charge is 0.480 e. The number of aliphatic carboxylic acids is 1. The lowest BCUT2D eigenvalue weighted by Gasteiger charge is -2.24. The predicted molar refractivity (Wildman–Crippen MR) is 134 cm³/mol. The van der Waals surface area contributed by atoms with Crippen LogP contribution in [0.5, 0.6) is 5.88 Å².